The summed E-state index contributed by atoms with van der Waals surface area (Å²) in [5.41, 5.74) is 8.53. The molecule has 0 fully saturated rings. The van der Waals surface area contributed by atoms with Crippen LogP contribution in [0.5, 0.6) is 5.88 Å². The average molecular weight is 326 g/mol. The number of hydrogen-bond acceptors (Lipinski definition) is 4. The summed E-state index contributed by atoms with van der Waals surface area (Å²) in [4.78, 5) is 8.29. The van der Waals surface area contributed by atoms with Gasteiger partial charge in [0.05, 0.1) is 5.69 Å². The maximum absolute atomic E-state index is 9.39. The molecule has 94 valence electrons. The Kier molecular flexibility index (Phi) is 3.32. The molecule has 4 N–H and O–H groups in total. The van der Waals surface area contributed by atoms with Crippen LogP contribution in [0.1, 0.15) is 4.88 Å². The Bertz CT molecular complexity index is 704. The summed E-state index contributed by atoms with van der Waals surface area (Å²) < 4.78 is 0. The number of nitrogen functional groups attached to an aromatic ring is 1. The Morgan fingerprint density at radius 2 is 2.11 bits per heavy atom. The molecule has 0 spiro atoms. The summed E-state index contributed by atoms with van der Waals surface area (Å²) in [5.74, 6) is 0.173. The van der Waals surface area contributed by atoms with Gasteiger partial charge in [0.15, 0.2) is 11.0 Å². The fraction of sp³-hybridized carbons (Fsp3) is 0.0833. The molecule has 0 radical (unpaired) electrons. The molecule has 3 aromatic rings. The van der Waals surface area contributed by atoms with Crippen molar-refractivity contribution in [3.8, 4) is 17.1 Å². The van der Waals surface area contributed by atoms with Crippen LogP contribution in [-0.2, 0) is 0 Å². The SMILES string of the molecule is Br.Cc1sc(N)nc1-c1ccc2[nH]c(O)cc2c1. The number of benzene rings is 1. The molecule has 2 aromatic heterocycles. The van der Waals surface area contributed by atoms with Crippen molar-refractivity contribution >= 4 is 44.4 Å². The molecule has 2 heterocycles. The van der Waals surface area contributed by atoms with E-state index < -0.39 is 0 Å². The van der Waals surface area contributed by atoms with E-state index >= 15 is 0 Å². The number of rotatable bonds is 1. The molecule has 6 heteroatoms. The zero-order valence-corrected chi connectivity index (χ0v) is 12.1. The van der Waals surface area contributed by atoms with Crippen LogP contribution in [0, 0.1) is 6.92 Å². The lowest BCUT2D eigenvalue weighted by molar-refractivity contribution is 0.458. The summed E-state index contributed by atoms with van der Waals surface area (Å²) in [7, 11) is 0. The number of nitrogens with zero attached hydrogens (tertiary/aromatic N) is 1. The first-order valence-electron chi connectivity index (χ1n) is 5.18. The van der Waals surface area contributed by atoms with Crippen molar-refractivity contribution in [3.63, 3.8) is 0 Å². The molecule has 0 amide bonds. The van der Waals surface area contributed by atoms with Crippen molar-refractivity contribution in [2.45, 2.75) is 6.92 Å². The van der Waals surface area contributed by atoms with Gasteiger partial charge < -0.3 is 15.8 Å². The molecule has 0 unspecified atom stereocenters. The Balaban J connectivity index is 0.00000120. The predicted octanol–water partition coefficient (Wildman–Crippen LogP) is 3.47. The van der Waals surface area contributed by atoms with Gasteiger partial charge >= 0.3 is 0 Å². The smallest absolute Gasteiger partial charge is 0.189 e. The van der Waals surface area contributed by atoms with Gasteiger partial charge in [-0.3, -0.25) is 0 Å². The Labute approximate surface area is 118 Å². The van der Waals surface area contributed by atoms with E-state index in [0.29, 0.717) is 5.13 Å². The summed E-state index contributed by atoms with van der Waals surface area (Å²) in [6, 6.07) is 7.59. The number of nitrogens with one attached hydrogen (secondary N) is 1. The summed E-state index contributed by atoms with van der Waals surface area (Å²) in [6.45, 7) is 2.00. The highest BCUT2D eigenvalue weighted by Crippen LogP contribution is 2.31. The molecule has 0 saturated carbocycles. The predicted molar refractivity (Wildman–Crippen MR) is 80.5 cm³/mol. The van der Waals surface area contributed by atoms with E-state index in [1.807, 2.05) is 25.1 Å². The third kappa shape index (κ3) is 2.09. The number of H-pyrrole nitrogens is 1. The van der Waals surface area contributed by atoms with Gasteiger partial charge in [0.25, 0.3) is 0 Å². The molecule has 0 bridgehead atoms. The number of aromatic amines is 1. The van der Waals surface area contributed by atoms with Gasteiger partial charge in [-0.25, -0.2) is 4.98 Å². The second kappa shape index (κ2) is 4.62. The number of anilines is 1. The largest absolute Gasteiger partial charge is 0.495 e. The van der Waals surface area contributed by atoms with Crippen LogP contribution in [0.25, 0.3) is 22.2 Å². The van der Waals surface area contributed by atoms with Gasteiger partial charge in [-0.2, -0.15) is 0 Å². The van der Waals surface area contributed by atoms with E-state index in [4.69, 9.17) is 5.73 Å². The number of thiazole rings is 1. The lowest BCUT2D eigenvalue weighted by Crippen LogP contribution is -1.83. The summed E-state index contributed by atoms with van der Waals surface area (Å²) >= 11 is 1.48. The minimum Gasteiger partial charge on any atom is -0.495 e. The fourth-order valence-corrected chi connectivity index (χ4v) is 2.66. The maximum atomic E-state index is 9.39. The van der Waals surface area contributed by atoms with Crippen LogP contribution in [0.2, 0.25) is 0 Å². The lowest BCUT2D eigenvalue weighted by Gasteiger charge is -1.98. The molecule has 3 rings (SSSR count). The van der Waals surface area contributed by atoms with Gasteiger partial charge in [-0.05, 0) is 19.1 Å². The van der Waals surface area contributed by atoms with Crippen molar-refractivity contribution in [2.24, 2.45) is 0 Å². The quantitative estimate of drug-likeness (QED) is 0.641. The number of nitrogens with two attached hydrogens (primary N) is 1. The second-order valence-corrected chi connectivity index (χ2v) is 5.15. The number of aromatic nitrogens is 2. The normalized spacial score (nSPS) is 10.5. The van der Waals surface area contributed by atoms with Gasteiger partial charge in [0.2, 0.25) is 0 Å². The van der Waals surface area contributed by atoms with E-state index in [-0.39, 0.29) is 22.9 Å². The topological polar surface area (TPSA) is 74.9 Å². The van der Waals surface area contributed by atoms with Crippen LogP contribution in [0.15, 0.2) is 24.3 Å². The van der Waals surface area contributed by atoms with E-state index in [9.17, 15) is 5.11 Å². The third-order valence-electron chi connectivity index (χ3n) is 2.69. The van der Waals surface area contributed by atoms with Crippen LogP contribution in [-0.4, -0.2) is 15.1 Å². The average Bonchev–Trinajstić information content (AvgIpc) is 2.78. The number of fused-ring (bicyclic) bond motifs is 1. The van der Waals surface area contributed by atoms with Crippen molar-refractivity contribution in [1.29, 1.82) is 0 Å². The van der Waals surface area contributed by atoms with E-state index in [1.165, 1.54) is 11.3 Å². The van der Waals surface area contributed by atoms with Crippen LogP contribution >= 0.6 is 28.3 Å². The maximum Gasteiger partial charge on any atom is 0.189 e. The van der Waals surface area contributed by atoms with Gasteiger partial charge in [-0.15, -0.1) is 28.3 Å². The molecular formula is C12H12BrN3OS. The first-order chi connectivity index (χ1) is 8.13. The van der Waals surface area contributed by atoms with Gasteiger partial charge in [0, 0.05) is 27.4 Å². The second-order valence-electron chi connectivity index (χ2n) is 3.91. The number of hydrogen-bond donors (Lipinski definition) is 3. The van der Waals surface area contributed by atoms with E-state index in [0.717, 1.165) is 27.0 Å². The Morgan fingerprint density at radius 1 is 1.33 bits per heavy atom. The molecule has 0 aliphatic heterocycles. The molecule has 0 atom stereocenters. The van der Waals surface area contributed by atoms with Crippen molar-refractivity contribution in [3.05, 3.63) is 29.1 Å². The fourth-order valence-electron chi connectivity index (χ4n) is 1.95. The third-order valence-corrected chi connectivity index (χ3v) is 3.49. The minimum absolute atomic E-state index is 0. The van der Waals surface area contributed by atoms with Crippen LogP contribution in [0.3, 0.4) is 0 Å². The first kappa shape index (κ1) is 12.9. The van der Waals surface area contributed by atoms with E-state index in [2.05, 4.69) is 9.97 Å². The molecule has 0 saturated heterocycles. The number of aryl methyl sites for hydroxylation is 1. The number of aromatic hydroxyl groups is 1. The first-order valence-corrected chi connectivity index (χ1v) is 6.00. The zero-order valence-electron chi connectivity index (χ0n) is 9.60. The van der Waals surface area contributed by atoms with E-state index in [1.54, 1.807) is 6.07 Å². The van der Waals surface area contributed by atoms with Gasteiger partial charge in [0.1, 0.15) is 0 Å². The summed E-state index contributed by atoms with van der Waals surface area (Å²) in [5, 5.41) is 10.9. The van der Waals surface area contributed by atoms with Crippen molar-refractivity contribution in [1.82, 2.24) is 9.97 Å². The van der Waals surface area contributed by atoms with Crippen molar-refractivity contribution < 1.29 is 5.11 Å². The Morgan fingerprint density at radius 3 is 2.78 bits per heavy atom. The minimum atomic E-state index is 0. The Hall–Kier alpha value is -1.53. The molecule has 18 heavy (non-hydrogen) atoms. The standard InChI is InChI=1S/C12H11N3OS.BrH/c1-6-11(15-12(13)17-6)7-2-3-9-8(4-7)5-10(16)14-9;/h2-5,14,16H,1H3,(H2,13,15);1H. The molecule has 0 aliphatic carbocycles. The highest BCUT2D eigenvalue weighted by molar-refractivity contribution is 8.93. The molecule has 0 aliphatic rings. The molecular weight excluding hydrogens is 314 g/mol. The summed E-state index contributed by atoms with van der Waals surface area (Å²) in [6.07, 6.45) is 0. The highest BCUT2D eigenvalue weighted by atomic mass is 79.9. The molecule has 4 nitrogen and oxygen atoms in total. The monoisotopic (exact) mass is 325 g/mol. The van der Waals surface area contributed by atoms with Gasteiger partial charge in [-0.1, -0.05) is 6.07 Å². The van der Waals surface area contributed by atoms with Crippen LogP contribution in [0.4, 0.5) is 5.13 Å². The zero-order chi connectivity index (χ0) is 12.0. The van der Waals surface area contributed by atoms with Crippen molar-refractivity contribution in [2.75, 3.05) is 5.73 Å². The van der Waals surface area contributed by atoms with Crippen LogP contribution < -0.4 is 5.73 Å². The number of halogens is 1. The highest BCUT2D eigenvalue weighted by Gasteiger charge is 2.09. The molecule has 1 aromatic carbocycles. The lowest BCUT2D eigenvalue weighted by atomic mass is 10.1.